The lowest BCUT2D eigenvalue weighted by Gasteiger charge is -2.33. The monoisotopic (exact) mass is 557 g/mol. The van der Waals surface area contributed by atoms with Gasteiger partial charge in [0, 0.05) is 25.0 Å². The quantitative estimate of drug-likeness (QED) is 0.387. The van der Waals surface area contributed by atoms with Crippen molar-refractivity contribution in [1.29, 1.82) is 0 Å². The van der Waals surface area contributed by atoms with Crippen LogP contribution in [0, 0.1) is 6.92 Å². The third-order valence-corrected chi connectivity index (χ3v) is 7.67. The normalized spacial score (nSPS) is 11.9. The summed E-state index contributed by atoms with van der Waals surface area (Å²) in [4.78, 5) is 28.5. The van der Waals surface area contributed by atoms with Crippen molar-refractivity contribution >= 4 is 39.1 Å². The first-order valence-corrected chi connectivity index (χ1v) is 14.2. The van der Waals surface area contributed by atoms with Gasteiger partial charge >= 0.3 is 0 Å². The average molecular weight is 558 g/mol. The number of nitrogens with zero attached hydrogens (tertiary/aromatic N) is 2. The van der Waals surface area contributed by atoms with E-state index in [1.807, 2.05) is 36.4 Å². The van der Waals surface area contributed by atoms with Crippen LogP contribution in [0.1, 0.15) is 16.7 Å². The van der Waals surface area contributed by atoms with Gasteiger partial charge in [-0.05, 0) is 47.9 Å². The summed E-state index contributed by atoms with van der Waals surface area (Å²) in [6.45, 7) is 1.35. The highest BCUT2D eigenvalue weighted by atomic mass is 35.5. The van der Waals surface area contributed by atoms with Crippen molar-refractivity contribution in [2.24, 2.45) is 0 Å². The number of likely N-dealkylation sites (N-methyl/N-ethyl adjacent to an activating group) is 1. The van der Waals surface area contributed by atoms with Crippen molar-refractivity contribution in [3.63, 3.8) is 0 Å². The molecule has 0 fully saturated rings. The van der Waals surface area contributed by atoms with E-state index in [9.17, 15) is 18.0 Å². The third-order valence-electron chi connectivity index (χ3n) is 6.13. The predicted molar refractivity (Wildman–Crippen MR) is 150 cm³/mol. The number of halogens is 1. The van der Waals surface area contributed by atoms with Crippen LogP contribution in [-0.4, -0.2) is 58.1 Å². The molecule has 1 N–H and O–H groups in total. The van der Waals surface area contributed by atoms with Gasteiger partial charge in [0.15, 0.2) is 0 Å². The van der Waals surface area contributed by atoms with Gasteiger partial charge in [-0.3, -0.25) is 13.9 Å². The van der Waals surface area contributed by atoms with Crippen LogP contribution in [0.5, 0.6) is 5.75 Å². The second-order valence-corrected chi connectivity index (χ2v) is 11.2. The van der Waals surface area contributed by atoms with Gasteiger partial charge in [-0.15, -0.1) is 0 Å². The molecule has 0 aromatic heterocycles. The Morgan fingerprint density at radius 3 is 2.29 bits per heavy atom. The first kappa shape index (κ1) is 29.0. The molecule has 0 aliphatic carbocycles. The molecule has 0 saturated heterocycles. The number of carbonyl (C=O) groups excluding carboxylic acids is 2. The molecular weight excluding hydrogens is 526 g/mol. The number of hydrogen-bond donors (Lipinski definition) is 1. The summed E-state index contributed by atoms with van der Waals surface area (Å²) < 4.78 is 31.9. The Morgan fingerprint density at radius 1 is 1.00 bits per heavy atom. The van der Waals surface area contributed by atoms with Crippen molar-refractivity contribution in [2.45, 2.75) is 25.9 Å². The van der Waals surface area contributed by atoms with Gasteiger partial charge in [-0.2, -0.15) is 0 Å². The molecule has 0 saturated carbocycles. The van der Waals surface area contributed by atoms with Crippen molar-refractivity contribution in [2.75, 3.05) is 31.3 Å². The molecule has 0 aliphatic rings. The van der Waals surface area contributed by atoms with Gasteiger partial charge in [0.25, 0.3) is 0 Å². The molecule has 202 valence electrons. The Balaban J connectivity index is 2.04. The molecule has 0 heterocycles. The maximum absolute atomic E-state index is 13.9. The van der Waals surface area contributed by atoms with Crippen LogP contribution in [0.2, 0.25) is 5.02 Å². The van der Waals surface area contributed by atoms with Gasteiger partial charge in [0.1, 0.15) is 18.3 Å². The number of ether oxygens (including phenoxy) is 1. The lowest BCUT2D eigenvalue weighted by molar-refractivity contribution is -0.139. The molecule has 0 bridgehead atoms. The van der Waals surface area contributed by atoms with Crippen LogP contribution >= 0.6 is 11.6 Å². The molecule has 1 atom stereocenters. The summed E-state index contributed by atoms with van der Waals surface area (Å²) in [6, 6.07) is 20.4. The minimum Gasteiger partial charge on any atom is -0.497 e. The number of nitrogens with one attached hydrogen (secondary N) is 1. The molecule has 0 aliphatic heterocycles. The van der Waals surface area contributed by atoms with E-state index in [1.165, 1.54) is 18.0 Å². The fourth-order valence-electron chi connectivity index (χ4n) is 4.04. The molecule has 2 amide bonds. The van der Waals surface area contributed by atoms with Gasteiger partial charge in [-0.1, -0.05) is 60.1 Å². The van der Waals surface area contributed by atoms with Gasteiger partial charge < -0.3 is 15.0 Å². The average Bonchev–Trinajstić information content (AvgIpc) is 2.90. The summed E-state index contributed by atoms with van der Waals surface area (Å²) in [5, 5.41) is 3.03. The molecule has 8 nitrogen and oxygen atoms in total. The number of methoxy groups -OCH3 is 1. The molecular formula is C28H32ClN3O5S. The molecule has 0 radical (unpaired) electrons. The van der Waals surface area contributed by atoms with E-state index in [-0.39, 0.29) is 24.6 Å². The first-order chi connectivity index (χ1) is 18.0. The highest BCUT2D eigenvalue weighted by molar-refractivity contribution is 7.92. The van der Waals surface area contributed by atoms with Crippen molar-refractivity contribution in [3.05, 3.63) is 94.5 Å². The van der Waals surface area contributed by atoms with E-state index in [2.05, 4.69) is 5.32 Å². The third kappa shape index (κ3) is 7.49. The summed E-state index contributed by atoms with van der Waals surface area (Å²) in [5.41, 5.74) is 2.62. The maximum atomic E-state index is 13.9. The molecule has 0 spiro atoms. The summed E-state index contributed by atoms with van der Waals surface area (Å²) >= 11 is 6.26. The summed E-state index contributed by atoms with van der Waals surface area (Å²) in [6.07, 6.45) is 1.27. The van der Waals surface area contributed by atoms with E-state index >= 15 is 0 Å². The van der Waals surface area contributed by atoms with E-state index in [4.69, 9.17) is 16.3 Å². The van der Waals surface area contributed by atoms with Crippen molar-refractivity contribution < 1.29 is 22.7 Å². The van der Waals surface area contributed by atoms with Crippen molar-refractivity contribution in [3.8, 4) is 5.75 Å². The van der Waals surface area contributed by atoms with Gasteiger partial charge in [-0.25, -0.2) is 8.42 Å². The van der Waals surface area contributed by atoms with Crippen LogP contribution in [0.15, 0.2) is 72.8 Å². The van der Waals surface area contributed by atoms with E-state index < -0.39 is 28.5 Å². The van der Waals surface area contributed by atoms with Gasteiger partial charge in [0.2, 0.25) is 21.8 Å². The zero-order chi connectivity index (χ0) is 27.9. The van der Waals surface area contributed by atoms with Gasteiger partial charge in [0.05, 0.1) is 19.1 Å². The Kier molecular flexibility index (Phi) is 9.77. The van der Waals surface area contributed by atoms with E-state index in [0.717, 1.165) is 27.3 Å². The number of rotatable bonds is 11. The second-order valence-electron chi connectivity index (χ2n) is 8.90. The number of amides is 2. The van der Waals surface area contributed by atoms with E-state index in [0.29, 0.717) is 10.8 Å². The predicted octanol–water partition coefficient (Wildman–Crippen LogP) is 3.81. The summed E-state index contributed by atoms with van der Waals surface area (Å²) in [7, 11) is -0.815. The lowest BCUT2D eigenvalue weighted by atomic mass is 10.0. The van der Waals surface area contributed by atoms with Crippen LogP contribution < -0.4 is 14.4 Å². The maximum Gasteiger partial charge on any atom is 0.244 e. The Labute approximate surface area is 229 Å². The topological polar surface area (TPSA) is 96.0 Å². The van der Waals surface area contributed by atoms with Crippen LogP contribution in [0.25, 0.3) is 0 Å². The van der Waals surface area contributed by atoms with Crippen molar-refractivity contribution in [1.82, 2.24) is 10.2 Å². The minimum absolute atomic E-state index is 0.0627. The molecule has 3 rings (SSSR count). The number of anilines is 1. The number of aryl methyl sites for hydroxylation is 1. The second kappa shape index (κ2) is 12.8. The lowest BCUT2D eigenvalue weighted by Crippen LogP contribution is -2.52. The highest BCUT2D eigenvalue weighted by Crippen LogP contribution is 2.26. The van der Waals surface area contributed by atoms with Crippen LogP contribution in [-0.2, 0) is 32.6 Å². The molecule has 1 unspecified atom stereocenters. The number of sulfonamides is 1. The SMILES string of the molecule is CNC(=O)C(Cc1ccccc1)N(Cc1cccc(OC)c1)C(=O)CN(c1ccc(C)c(Cl)c1)S(C)(=O)=O. The molecule has 38 heavy (non-hydrogen) atoms. The fourth-order valence-corrected chi connectivity index (χ4v) is 5.05. The number of carbonyl (C=O) groups is 2. The fraction of sp³-hybridized carbons (Fsp3) is 0.286. The zero-order valence-corrected chi connectivity index (χ0v) is 23.4. The first-order valence-electron chi connectivity index (χ1n) is 11.9. The Bertz CT molecular complexity index is 1380. The zero-order valence-electron chi connectivity index (χ0n) is 21.8. The Hall–Kier alpha value is -3.56. The number of benzene rings is 3. The van der Waals surface area contributed by atoms with Crippen LogP contribution in [0.3, 0.4) is 0 Å². The Morgan fingerprint density at radius 2 is 1.68 bits per heavy atom. The van der Waals surface area contributed by atoms with Crippen LogP contribution in [0.4, 0.5) is 5.69 Å². The minimum atomic E-state index is -3.86. The smallest absolute Gasteiger partial charge is 0.244 e. The standard InChI is InChI=1S/C28H32ClN3O5S/c1-20-13-14-23(17-25(20)29)32(38(4,35)36)19-27(33)31(18-22-11-8-12-24(15-22)37-3)26(28(34)30-2)16-21-9-6-5-7-10-21/h5-15,17,26H,16,18-19H2,1-4H3,(H,30,34). The summed E-state index contributed by atoms with van der Waals surface area (Å²) in [5.74, 6) is -0.310. The molecule has 10 heteroatoms. The number of hydrogen-bond acceptors (Lipinski definition) is 5. The molecule has 3 aromatic rings. The molecule has 3 aromatic carbocycles. The highest BCUT2D eigenvalue weighted by Gasteiger charge is 2.32. The van der Waals surface area contributed by atoms with E-state index in [1.54, 1.807) is 44.4 Å². The largest absolute Gasteiger partial charge is 0.497 e.